The number of fused-ring (bicyclic) bond motifs is 1. The smallest absolute Gasteiger partial charge is 0.125 e. The van der Waals surface area contributed by atoms with Crippen molar-refractivity contribution in [1.82, 2.24) is 10.3 Å². The lowest BCUT2D eigenvalue weighted by atomic mass is 10.1. The predicted octanol–water partition coefficient (Wildman–Crippen LogP) is 2.03. The third-order valence-corrected chi connectivity index (χ3v) is 2.59. The van der Waals surface area contributed by atoms with Crippen LogP contribution < -0.4 is 5.32 Å². The normalized spacial score (nSPS) is 11.0. The standard InChI is InChI=1S/C12H16N2O/c1-2-13-7-6-9-8-14-10-4-3-5-11(15)12(9)10/h3-5,8,13-15H,2,6-7H2,1H3. The number of rotatable bonds is 4. The molecule has 0 amide bonds. The van der Waals surface area contributed by atoms with Crippen molar-refractivity contribution in [3.8, 4) is 5.75 Å². The third-order valence-electron chi connectivity index (χ3n) is 2.59. The molecule has 0 bridgehead atoms. The molecule has 0 aliphatic carbocycles. The minimum Gasteiger partial charge on any atom is -0.507 e. The van der Waals surface area contributed by atoms with Crippen LogP contribution in [0.15, 0.2) is 24.4 Å². The van der Waals surface area contributed by atoms with Gasteiger partial charge in [0.15, 0.2) is 0 Å². The molecule has 3 N–H and O–H groups in total. The minimum atomic E-state index is 0.361. The van der Waals surface area contributed by atoms with E-state index in [1.165, 1.54) is 5.56 Å². The zero-order valence-electron chi connectivity index (χ0n) is 8.88. The average Bonchev–Trinajstić information content (AvgIpc) is 2.63. The maximum atomic E-state index is 9.76. The first-order valence-corrected chi connectivity index (χ1v) is 5.31. The Morgan fingerprint density at radius 2 is 2.27 bits per heavy atom. The molecule has 3 heteroatoms. The van der Waals surface area contributed by atoms with Gasteiger partial charge in [-0.15, -0.1) is 0 Å². The molecule has 0 fully saturated rings. The van der Waals surface area contributed by atoms with E-state index in [4.69, 9.17) is 0 Å². The van der Waals surface area contributed by atoms with Gasteiger partial charge in [-0.2, -0.15) is 0 Å². The Kier molecular flexibility index (Phi) is 2.92. The van der Waals surface area contributed by atoms with Gasteiger partial charge in [0.05, 0.1) is 0 Å². The van der Waals surface area contributed by atoms with Crippen LogP contribution in [0, 0.1) is 0 Å². The van der Waals surface area contributed by atoms with Gasteiger partial charge >= 0.3 is 0 Å². The van der Waals surface area contributed by atoms with Crippen LogP contribution in [0.25, 0.3) is 10.9 Å². The van der Waals surface area contributed by atoms with Crippen molar-refractivity contribution in [3.05, 3.63) is 30.0 Å². The molecule has 0 atom stereocenters. The maximum Gasteiger partial charge on any atom is 0.125 e. The summed E-state index contributed by atoms with van der Waals surface area (Å²) in [5.74, 6) is 0.361. The van der Waals surface area contributed by atoms with Gasteiger partial charge in [0, 0.05) is 17.1 Å². The minimum absolute atomic E-state index is 0.361. The summed E-state index contributed by atoms with van der Waals surface area (Å²) >= 11 is 0. The number of phenols is 1. The van der Waals surface area contributed by atoms with Crippen molar-refractivity contribution < 1.29 is 5.11 Å². The van der Waals surface area contributed by atoms with E-state index in [2.05, 4.69) is 17.2 Å². The van der Waals surface area contributed by atoms with E-state index < -0.39 is 0 Å². The zero-order chi connectivity index (χ0) is 10.7. The quantitative estimate of drug-likeness (QED) is 0.667. The third kappa shape index (κ3) is 1.97. The Hall–Kier alpha value is -1.48. The lowest BCUT2D eigenvalue weighted by molar-refractivity contribution is 0.481. The highest BCUT2D eigenvalue weighted by molar-refractivity contribution is 5.88. The highest BCUT2D eigenvalue weighted by Gasteiger charge is 2.06. The summed E-state index contributed by atoms with van der Waals surface area (Å²) in [6.07, 6.45) is 2.91. The van der Waals surface area contributed by atoms with Crippen LogP contribution in [0.1, 0.15) is 12.5 Å². The Bertz CT molecular complexity index is 448. The molecule has 0 spiro atoms. The van der Waals surface area contributed by atoms with Crippen LogP contribution in [0.4, 0.5) is 0 Å². The Morgan fingerprint density at radius 3 is 3.07 bits per heavy atom. The molecule has 0 radical (unpaired) electrons. The Balaban J connectivity index is 2.27. The summed E-state index contributed by atoms with van der Waals surface area (Å²) < 4.78 is 0. The van der Waals surface area contributed by atoms with Gasteiger partial charge in [-0.3, -0.25) is 0 Å². The van der Waals surface area contributed by atoms with Gasteiger partial charge in [-0.05, 0) is 37.2 Å². The second-order valence-electron chi connectivity index (χ2n) is 3.62. The number of H-pyrrole nitrogens is 1. The molecule has 0 saturated carbocycles. The van der Waals surface area contributed by atoms with Gasteiger partial charge < -0.3 is 15.4 Å². The zero-order valence-corrected chi connectivity index (χ0v) is 8.88. The summed E-state index contributed by atoms with van der Waals surface area (Å²) in [5.41, 5.74) is 2.17. The van der Waals surface area contributed by atoms with E-state index in [0.29, 0.717) is 5.75 Å². The molecule has 1 aromatic carbocycles. The second kappa shape index (κ2) is 4.36. The van der Waals surface area contributed by atoms with Gasteiger partial charge in [0.1, 0.15) is 5.75 Å². The first kappa shape index (κ1) is 10.1. The molecule has 3 nitrogen and oxygen atoms in total. The first-order valence-electron chi connectivity index (χ1n) is 5.31. The highest BCUT2D eigenvalue weighted by Crippen LogP contribution is 2.27. The number of aromatic nitrogens is 1. The monoisotopic (exact) mass is 204 g/mol. The Labute approximate surface area is 89.1 Å². The molecule has 80 valence electrons. The van der Waals surface area contributed by atoms with Gasteiger partial charge in [-0.1, -0.05) is 13.0 Å². The van der Waals surface area contributed by atoms with Gasteiger partial charge in [-0.25, -0.2) is 0 Å². The van der Waals surface area contributed by atoms with Crippen LogP contribution >= 0.6 is 0 Å². The maximum absolute atomic E-state index is 9.76. The summed E-state index contributed by atoms with van der Waals surface area (Å²) in [5, 5.41) is 14.0. The molecule has 0 saturated heterocycles. The van der Waals surface area contributed by atoms with Crippen molar-refractivity contribution in [2.45, 2.75) is 13.3 Å². The van der Waals surface area contributed by atoms with Crippen molar-refractivity contribution in [3.63, 3.8) is 0 Å². The van der Waals surface area contributed by atoms with E-state index in [-0.39, 0.29) is 0 Å². The molecule has 2 rings (SSSR count). The predicted molar refractivity (Wildman–Crippen MR) is 62.2 cm³/mol. The summed E-state index contributed by atoms with van der Waals surface area (Å²) in [6.45, 7) is 4.01. The molecule has 0 unspecified atom stereocenters. The number of hydrogen-bond acceptors (Lipinski definition) is 2. The number of benzene rings is 1. The van der Waals surface area contributed by atoms with E-state index in [1.807, 2.05) is 18.3 Å². The van der Waals surface area contributed by atoms with Crippen molar-refractivity contribution >= 4 is 10.9 Å². The molecule has 15 heavy (non-hydrogen) atoms. The van der Waals surface area contributed by atoms with E-state index in [9.17, 15) is 5.11 Å². The number of phenolic OH excluding ortho intramolecular Hbond substituents is 1. The molecule has 0 aliphatic rings. The molecular formula is C12H16N2O. The fraction of sp³-hybridized carbons (Fsp3) is 0.333. The number of nitrogens with one attached hydrogen (secondary N) is 2. The molecule has 1 aromatic heterocycles. The fourth-order valence-corrected chi connectivity index (χ4v) is 1.83. The van der Waals surface area contributed by atoms with E-state index >= 15 is 0 Å². The van der Waals surface area contributed by atoms with E-state index in [1.54, 1.807) is 6.07 Å². The fourth-order valence-electron chi connectivity index (χ4n) is 1.83. The molecule has 1 heterocycles. The molecular weight excluding hydrogens is 188 g/mol. The number of aromatic amines is 1. The van der Waals surface area contributed by atoms with Crippen molar-refractivity contribution in [2.75, 3.05) is 13.1 Å². The SMILES string of the molecule is CCNCCc1c[nH]c2cccc(O)c12. The summed E-state index contributed by atoms with van der Waals surface area (Å²) in [6, 6.07) is 5.56. The van der Waals surface area contributed by atoms with Crippen LogP contribution in [-0.2, 0) is 6.42 Å². The summed E-state index contributed by atoms with van der Waals surface area (Å²) in [4.78, 5) is 3.17. The topological polar surface area (TPSA) is 48.0 Å². The molecule has 2 aromatic rings. The number of hydrogen-bond donors (Lipinski definition) is 3. The average molecular weight is 204 g/mol. The lowest BCUT2D eigenvalue weighted by Crippen LogP contribution is -2.15. The summed E-state index contributed by atoms with van der Waals surface area (Å²) in [7, 11) is 0. The van der Waals surface area contributed by atoms with Crippen LogP contribution in [-0.4, -0.2) is 23.2 Å². The first-order chi connectivity index (χ1) is 7.33. The lowest BCUT2D eigenvalue weighted by Gasteiger charge is -2.01. The van der Waals surface area contributed by atoms with Crippen LogP contribution in [0.3, 0.4) is 0 Å². The second-order valence-corrected chi connectivity index (χ2v) is 3.62. The van der Waals surface area contributed by atoms with Crippen molar-refractivity contribution in [1.29, 1.82) is 0 Å². The largest absolute Gasteiger partial charge is 0.507 e. The molecule has 0 aliphatic heterocycles. The Morgan fingerprint density at radius 1 is 1.40 bits per heavy atom. The number of aromatic hydroxyl groups is 1. The van der Waals surface area contributed by atoms with Crippen molar-refractivity contribution in [2.24, 2.45) is 0 Å². The highest BCUT2D eigenvalue weighted by atomic mass is 16.3. The van der Waals surface area contributed by atoms with E-state index in [0.717, 1.165) is 30.4 Å². The van der Waals surface area contributed by atoms with Crippen LogP contribution in [0.5, 0.6) is 5.75 Å². The number of likely N-dealkylation sites (N-methyl/N-ethyl adjacent to an activating group) is 1. The van der Waals surface area contributed by atoms with Gasteiger partial charge in [0.2, 0.25) is 0 Å². The van der Waals surface area contributed by atoms with Gasteiger partial charge in [0.25, 0.3) is 0 Å². The van der Waals surface area contributed by atoms with Crippen LogP contribution in [0.2, 0.25) is 0 Å².